The third-order valence-electron chi connectivity index (χ3n) is 8.35. The maximum Gasteiger partial charge on any atom is 0.155 e. The van der Waals surface area contributed by atoms with Gasteiger partial charge >= 0.3 is 0 Å². The Morgan fingerprint density at radius 2 is 2.00 bits per heavy atom. The van der Waals surface area contributed by atoms with Gasteiger partial charge in [-0.05, 0) is 72.3 Å². The second-order valence-corrected chi connectivity index (χ2v) is 9.44. The number of hydrogen-bond acceptors (Lipinski definition) is 3. The summed E-state index contributed by atoms with van der Waals surface area (Å²) in [4.78, 5) is 25.3. The highest BCUT2D eigenvalue weighted by Crippen LogP contribution is 2.66. The highest BCUT2D eigenvalue weighted by molar-refractivity contribution is 5.93. The number of ketones is 2. The standard InChI is InChI=1S/C22H30O3/c1-13(12-23)17-6-7-18-16-5-4-14-10-15(24)8-9-21(14,2)20(16)19(25)11-22(17,18)3/h10,16-18,20,23H,1,4-9,11-12H2,2-3H3/t16-,17+,18-,20+,21-,22+/m0/s1. The Balaban J connectivity index is 1.71. The zero-order valence-electron chi connectivity index (χ0n) is 15.5. The van der Waals surface area contributed by atoms with E-state index in [1.165, 1.54) is 5.57 Å². The minimum atomic E-state index is -0.110. The average Bonchev–Trinajstić information content (AvgIpc) is 2.91. The zero-order valence-corrected chi connectivity index (χ0v) is 15.5. The van der Waals surface area contributed by atoms with Crippen LogP contribution in [0.5, 0.6) is 0 Å². The first-order valence-corrected chi connectivity index (χ1v) is 9.86. The van der Waals surface area contributed by atoms with Gasteiger partial charge in [0.1, 0.15) is 5.78 Å². The zero-order chi connectivity index (χ0) is 18.0. The van der Waals surface area contributed by atoms with Crippen LogP contribution < -0.4 is 0 Å². The Morgan fingerprint density at radius 1 is 1.24 bits per heavy atom. The average molecular weight is 342 g/mol. The van der Waals surface area contributed by atoms with Crippen molar-refractivity contribution in [3.63, 3.8) is 0 Å². The summed E-state index contributed by atoms with van der Waals surface area (Å²) in [5.41, 5.74) is 1.99. The lowest BCUT2D eigenvalue weighted by Crippen LogP contribution is -2.55. The topological polar surface area (TPSA) is 54.4 Å². The molecule has 6 atom stereocenters. The van der Waals surface area contributed by atoms with Gasteiger partial charge in [-0.2, -0.15) is 0 Å². The van der Waals surface area contributed by atoms with Gasteiger partial charge in [0.15, 0.2) is 5.78 Å². The highest BCUT2D eigenvalue weighted by Gasteiger charge is 2.62. The van der Waals surface area contributed by atoms with Crippen LogP contribution in [-0.2, 0) is 9.59 Å². The molecular formula is C22H30O3. The number of carbonyl (C=O) groups is 2. The number of aliphatic hydroxyl groups is 1. The van der Waals surface area contributed by atoms with Gasteiger partial charge in [-0.25, -0.2) is 0 Å². The molecule has 4 aliphatic rings. The van der Waals surface area contributed by atoms with Crippen molar-refractivity contribution in [2.75, 3.05) is 6.61 Å². The smallest absolute Gasteiger partial charge is 0.155 e. The van der Waals surface area contributed by atoms with Gasteiger partial charge < -0.3 is 5.11 Å². The molecule has 0 heterocycles. The molecular weight excluding hydrogens is 312 g/mol. The molecule has 25 heavy (non-hydrogen) atoms. The summed E-state index contributed by atoms with van der Waals surface area (Å²) in [5, 5.41) is 9.59. The highest BCUT2D eigenvalue weighted by atomic mass is 16.3. The summed E-state index contributed by atoms with van der Waals surface area (Å²) in [5.74, 6) is 1.95. The number of hydrogen-bond donors (Lipinski definition) is 1. The molecule has 3 heteroatoms. The van der Waals surface area contributed by atoms with Crippen molar-refractivity contribution in [1.82, 2.24) is 0 Å². The molecule has 0 spiro atoms. The Morgan fingerprint density at radius 3 is 2.72 bits per heavy atom. The fraction of sp³-hybridized carbons (Fsp3) is 0.727. The van der Waals surface area contributed by atoms with Gasteiger partial charge in [-0.15, -0.1) is 0 Å². The second-order valence-electron chi connectivity index (χ2n) is 9.44. The third kappa shape index (κ3) is 2.27. The van der Waals surface area contributed by atoms with Crippen LogP contribution in [0, 0.1) is 34.5 Å². The molecule has 0 aromatic carbocycles. The molecule has 4 rings (SSSR count). The van der Waals surface area contributed by atoms with Crippen LogP contribution in [0.25, 0.3) is 0 Å². The van der Waals surface area contributed by atoms with Crippen molar-refractivity contribution in [2.24, 2.45) is 34.5 Å². The maximum absolute atomic E-state index is 13.4. The molecule has 0 amide bonds. The Kier molecular flexibility index (Phi) is 3.88. The van der Waals surface area contributed by atoms with Crippen molar-refractivity contribution in [2.45, 2.75) is 58.8 Å². The minimum Gasteiger partial charge on any atom is -0.392 e. The van der Waals surface area contributed by atoms with Gasteiger partial charge in [0.2, 0.25) is 0 Å². The predicted octanol–water partition coefficient (Wildman–Crippen LogP) is 3.86. The van der Waals surface area contributed by atoms with Crippen molar-refractivity contribution in [3.05, 3.63) is 23.8 Å². The number of allylic oxidation sites excluding steroid dienone is 1. The lowest BCUT2D eigenvalue weighted by atomic mass is 9.46. The number of aliphatic hydroxyl groups excluding tert-OH is 1. The normalized spacial score (nSPS) is 46.1. The van der Waals surface area contributed by atoms with Crippen LogP contribution >= 0.6 is 0 Å². The van der Waals surface area contributed by atoms with Crippen LogP contribution in [0.1, 0.15) is 58.8 Å². The molecule has 0 aromatic rings. The van der Waals surface area contributed by atoms with Gasteiger partial charge in [0.05, 0.1) is 6.61 Å². The van der Waals surface area contributed by atoms with Crippen LogP contribution in [0.4, 0.5) is 0 Å². The number of rotatable bonds is 2. The molecule has 3 saturated carbocycles. The molecule has 0 radical (unpaired) electrons. The SMILES string of the molecule is C=C(CO)[C@H]1CC[C@H]2[C@@H]3CCC4=CC(=O)CC[C@]4(C)[C@H]3C(=O)C[C@]12C. The third-order valence-corrected chi connectivity index (χ3v) is 8.35. The molecule has 0 aliphatic heterocycles. The lowest BCUT2D eigenvalue weighted by Gasteiger charge is -2.57. The fourth-order valence-corrected chi connectivity index (χ4v) is 7.16. The van der Waals surface area contributed by atoms with Crippen molar-refractivity contribution >= 4 is 11.6 Å². The quantitative estimate of drug-likeness (QED) is 0.775. The van der Waals surface area contributed by atoms with Crippen molar-refractivity contribution in [1.29, 1.82) is 0 Å². The van der Waals surface area contributed by atoms with Gasteiger partial charge in [-0.3, -0.25) is 9.59 Å². The first kappa shape index (κ1) is 17.2. The van der Waals surface area contributed by atoms with Gasteiger partial charge in [0.25, 0.3) is 0 Å². The molecule has 136 valence electrons. The van der Waals surface area contributed by atoms with E-state index in [2.05, 4.69) is 20.4 Å². The monoisotopic (exact) mass is 342 g/mol. The summed E-state index contributed by atoms with van der Waals surface area (Å²) < 4.78 is 0. The molecule has 1 N–H and O–H groups in total. The van der Waals surface area contributed by atoms with Crippen LogP contribution in [0.2, 0.25) is 0 Å². The van der Waals surface area contributed by atoms with Crippen LogP contribution in [-0.4, -0.2) is 23.3 Å². The molecule has 3 nitrogen and oxygen atoms in total. The molecule has 0 unspecified atom stereocenters. The van der Waals surface area contributed by atoms with E-state index in [0.29, 0.717) is 30.5 Å². The van der Waals surface area contributed by atoms with Crippen molar-refractivity contribution < 1.29 is 14.7 Å². The van der Waals surface area contributed by atoms with E-state index in [0.717, 1.165) is 37.7 Å². The molecule has 0 aromatic heterocycles. The van der Waals surface area contributed by atoms with E-state index in [1.807, 2.05) is 6.08 Å². The van der Waals surface area contributed by atoms with E-state index < -0.39 is 0 Å². The van der Waals surface area contributed by atoms with Crippen molar-refractivity contribution in [3.8, 4) is 0 Å². The van der Waals surface area contributed by atoms with E-state index in [9.17, 15) is 14.7 Å². The van der Waals surface area contributed by atoms with E-state index in [4.69, 9.17) is 0 Å². The molecule has 3 fully saturated rings. The lowest BCUT2D eigenvalue weighted by molar-refractivity contribution is -0.145. The first-order valence-electron chi connectivity index (χ1n) is 9.86. The largest absolute Gasteiger partial charge is 0.392 e. The maximum atomic E-state index is 13.4. The number of carbonyl (C=O) groups excluding carboxylic acids is 2. The summed E-state index contributed by atoms with van der Waals surface area (Å²) in [6.07, 6.45) is 8.07. The van der Waals surface area contributed by atoms with E-state index in [-0.39, 0.29) is 35.1 Å². The van der Waals surface area contributed by atoms with Gasteiger partial charge in [-0.1, -0.05) is 26.0 Å². The number of fused-ring (bicyclic) bond motifs is 5. The molecule has 0 saturated heterocycles. The first-order chi connectivity index (χ1) is 11.8. The van der Waals surface area contributed by atoms with Gasteiger partial charge in [0, 0.05) is 18.8 Å². The Labute approximate surface area is 150 Å². The summed E-state index contributed by atoms with van der Waals surface area (Å²) >= 11 is 0. The summed E-state index contributed by atoms with van der Waals surface area (Å²) in [6, 6.07) is 0. The van der Waals surface area contributed by atoms with Crippen LogP contribution in [0.3, 0.4) is 0 Å². The number of Topliss-reactive ketones (excluding diaryl/α,β-unsaturated/α-hetero) is 1. The van der Waals surface area contributed by atoms with E-state index in [1.54, 1.807) is 0 Å². The molecule has 0 bridgehead atoms. The Hall–Kier alpha value is -1.22. The van der Waals surface area contributed by atoms with Crippen LogP contribution in [0.15, 0.2) is 23.8 Å². The second kappa shape index (κ2) is 5.64. The van der Waals surface area contributed by atoms with E-state index >= 15 is 0 Å². The predicted molar refractivity (Wildman–Crippen MR) is 96.8 cm³/mol. The minimum absolute atomic E-state index is 0.0297. The molecule has 4 aliphatic carbocycles. The fourth-order valence-electron chi connectivity index (χ4n) is 7.16. The summed E-state index contributed by atoms with van der Waals surface area (Å²) in [7, 11) is 0. The Bertz CT molecular complexity index is 675. The summed E-state index contributed by atoms with van der Waals surface area (Å²) in [6.45, 7) is 8.63.